The number of hydrogen-bond acceptors (Lipinski definition) is 3. The zero-order valence-electron chi connectivity index (χ0n) is 11.2. The monoisotopic (exact) mass is 244 g/mol. The van der Waals surface area contributed by atoms with E-state index in [-0.39, 0.29) is 6.04 Å². The topological polar surface area (TPSA) is 42.7 Å². The molecule has 2 heterocycles. The van der Waals surface area contributed by atoms with E-state index in [0.29, 0.717) is 0 Å². The molecule has 4 heteroatoms. The highest BCUT2D eigenvalue weighted by Gasteiger charge is 2.07. The van der Waals surface area contributed by atoms with Crippen LogP contribution in [0, 0.1) is 0 Å². The van der Waals surface area contributed by atoms with Crippen LogP contribution >= 0.6 is 0 Å². The molecule has 0 radical (unpaired) electrons. The summed E-state index contributed by atoms with van der Waals surface area (Å²) in [7, 11) is 0. The van der Waals surface area contributed by atoms with E-state index in [1.165, 1.54) is 0 Å². The number of rotatable bonds is 5. The average molecular weight is 244 g/mol. The number of hydrogen-bond donors (Lipinski definition) is 1. The van der Waals surface area contributed by atoms with E-state index in [9.17, 15) is 0 Å². The van der Waals surface area contributed by atoms with Gasteiger partial charge >= 0.3 is 0 Å². The van der Waals surface area contributed by atoms with Crippen LogP contribution in [0.2, 0.25) is 0 Å². The molecule has 96 valence electrons. The maximum absolute atomic E-state index is 4.52. The Morgan fingerprint density at radius 3 is 2.72 bits per heavy atom. The fraction of sp³-hybridized carbons (Fsp3) is 0.429. The summed E-state index contributed by atoms with van der Waals surface area (Å²) in [6, 6.07) is 4.46. The minimum absolute atomic E-state index is 0.289. The fourth-order valence-corrected chi connectivity index (χ4v) is 2.04. The highest BCUT2D eigenvalue weighted by atomic mass is 15.1. The van der Waals surface area contributed by atoms with Gasteiger partial charge in [0.2, 0.25) is 0 Å². The van der Waals surface area contributed by atoms with Crippen molar-refractivity contribution >= 4 is 0 Å². The lowest BCUT2D eigenvalue weighted by molar-refractivity contribution is 0.583. The zero-order valence-corrected chi connectivity index (χ0v) is 11.2. The quantitative estimate of drug-likeness (QED) is 0.878. The van der Waals surface area contributed by atoms with Gasteiger partial charge in [0.15, 0.2) is 0 Å². The van der Waals surface area contributed by atoms with Crippen LogP contribution in [0.5, 0.6) is 0 Å². The lowest BCUT2D eigenvalue weighted by atomic mass is 10.2. The fourth-order valence-electron chi connectivity index (χ4n) is 2.04. The second-order valence-corrected chi connectivity index (χ2v) is 4.29. The van der Waals surface area contributed by atoms with Crippen LogP contribution in [0.3, 0.4) is 0 Å². The summed E-state index contributed by atoms with van der Waals surface area (Å²) >= 11 is 0. The maximum Gasteiger partial charge on any atom is 0.112 e. The number of nitrogens with one attached hydrogen (secondary N) is 1. The first-order chi connectivity index (χ1) is 8.76. The van der Waals surface area contributed by atoms with Crippen LogP contribution < -0.4 is 5.32 Å². The molecule has 0 aliphatic heterocycles. The van der Waals surface area contributed by atoms with Gasteiger partial charge in [-0.25, -0.2) is 4.98 Å². The Labute approximate surface area is 108 Å². The molecule has 0 bridgehead atoms. The van der Waals surface area contributed by atoms with E-state index in [2.05, 4.69) is 52.8 Å². The number of nitrogens with zero attached hydrogens (tertiary/aromatic N) is 3. The Hall–Kier alpha value is -1.68. The third kappa shape index (κ3) is 2.59. The molecule has 0 spiro atoms. The smallest absolute Gasteiger partial charge is 0.112 e. The molecule has 2 rings (SSSR count). The second kappa shape index (κ2) is 5.78. The van der Waals surface area contributed by atoms with Crippen molar-refractivity contribution in [2.45, 2.75) is 33.2 Å². The van der Waals surface area contributed by atoms with Crippen molar-refractivity contribution in [3.8, 4) is 5.69 Å². The van der Waals surface area contributed by atoms with E-state index in [1.807, 2.05) is 18.6 Å². The maximum atomic E-state index is 4.52. The van der Waals surface area contributed by atoms with Crippen LogP contribution in [-0.2, 0) is 6.42 Å². The molecule has 0 amide bonds. The largest absolute Gasteiger partial charge is 0.309 e. The van der Waals surface area contributed by atoms with Gasteiger partial charge in [-0.1, -0.05) is 13.8 Å². The standard InChI is InChI=1S/C14H20N4/c1-4-14-16-8-9-18(14)12-6-7-13(17-10-12)11(3)15-5-2/h6-11,15H,4-5H2,1-3H3. The van der Waals surface area contributed by atoms with Crippen LogP contribution in [0.1, 0.15) is 38.3 Å². The van der Waals surface area contributed by atoms with E-state index in [4.69, 9.17) is 0 Å². The highest BCUT2D eigenvalue weighted by molar-refractivity contribution is 5.32. The summed E-state index contributed by atoms with van der Waals surface area (Å²) in [6.45, 7) is 7.28. The molecule has 0 saturated heterocycles. The third-order valence-electron chi connectivity index (χ3n) is 3.04. The molecule has 0 aliphatic rings. The first kappa shape index (κ1) is 12.8. The van der Waals surface area contributed by atoms with E-state index >= 15 is 0 Å². The molecule has 0 aliphatic carbocycles. The zero-order chi connectivity index (χ0) is 13.0. The molecule has 18 heavy (non-hydrogen) atoms. The molecule has 4 nitrogen and oxygen atoms in total. The minimum atomic E-state index is 0.289. The number of imidazole rings is 1. The Morgan fingerprint density at radius 1 is 1.28 bits per heavy atom. The van der Waals surface area contributed by atoms with Crippen molar-refractivity contribution in [1.82, 2.24) is 19.9 Å². The predicted molar refractivity (Wildman–Crippen MR) is 72.8 cm³/mol. The summed E-state index contributed by atoms with van der Waals surface area (Å²) in [5.74, 6) is 1.06. The Morgan fingerprint density at radius 2 is 2.11 bits per heavy atom. The van der Waals surface area contributed by atoms with Crippen molar-refractivity contribution in [2.24, 2.45) is 0 Å². The van der Waals surface area contributed by atoms with Crippen molar-refractivity contribution in [3.63, 3.8) is 0 Å². The molecule has 0 aromatic carbocycles. The van der Waals surface area contributed by atoms with Gasteiger partial charge < -0.3 is 9.88 Å². The summed E-state index contributed by atoms with van der Waals surface area (Å²) in [6.07, 6.45) is 6.63. The van der Waals surface area contributed by atoms with Gasteiger partial charge in [-0.3, -0.25) is 4.98 Å². The van der Waals surface area contributed by atoms with Gasteiger partial charge in [0.05, 0.1) is 17.6 Å². The van der Waals surface area contributed by atoms with Crippen molar-refractivity contribution in [2.75, 3.05) is 6.54 Å². The number of pyridine rings is 1. The lowest BCUT2D eigenvalue weighted by Gasteiger charge is -2.12. The molecular formula is C14H20N4. The molecule has 1 atom stereocenters. The van der Waals surface area contributed by atoms with Gasteiger partial charge in [-0.15, -0.1) is 0 Å². The SMILES string of the molecule is CCNC(C)c1ccc(-n2ccnc2CC)cn1. The van der Waals surface area contributed by atoms with Crippen LogP contribution in [-0.4, -0.2) is 21.1 Å². The number of aryl methyl sites for hydroxylation is 1. The van der Waals surface area contributed by atoms with Crippen molar-refractivity contribution in [3.05, 3.63) is 42.2 Å². The van der Waals surface area contributed by atoms with E-state index in [1.54, 1.807) is 0 Å². The summed E-state index contributed by atoms with van der Waals surface area (Å²) in [5.41, 5.74) is 2.13. The molecule has 0 fully saturated rings. The first-order valence-electron chi connectivity index (χ1n) is 6.48. The van der Waals surface area contributed by atoms with Crippen LogP contribution in [0.4, 0.5) is 0 Å². The van der Waals surface area contributed by atoms with Crippen molar-refractivity contribution in [1.29, 1.82) is 0 Å². The normalized spacial score (nSPS) is 12.6. The molecular weight excluding hydrogens is 224 g/mol. The Bertz CT molecular complexity index is 487. The van der Waals surface area contributed by atoms with Gasteiger partial charge in [-0.2, -0.15) is 0 Å². The summed E-state index contributed by atoms with van der Waals surface area (Å²) in [4.78, 5) is 8.84. The second-order valence-electron chi connectivity index (χ2n) is 4.29. The third-order valence-corrected chi connectivity index (χ3v) is 3.04. The lowest BCUT2D eigenvalue weighted by Crippen LogP contribution is -2.18. The average Bonchev–Trinajstić information content (AvgIpc) is 2.87. The van der Waals surface area contributed by atoms with Gasteiger partial charge in [0, 0.05) is 24.9 Å². The predicted octanol–water partition coefficient (Wildman–Crippen LogP) is 2.50. The first-order valence-corrected chi connectivity index (χ1v) is 6.48. The highest BCUT2D eigenvalue weighted by Crippen LogP contribution is 2.14. The molecule has 1 unspecified atom stereocenters. The van der Waals surface area contributed by atoms with Gasteiger partial charge in [-0.05, 0) is 25.6 Å². The van der Waals surface area contributed by atoms with Crippen LogP contribution in [0.15, 0.2) is 30.7 Å². The van der Waals surface area contributed by atoms with Gasteiger partial charge in [0.25, 0.3) is 0 Å². The molecule has 1 N–H and O–H groups in total. The van der Waals surface area contributed by atoms with Crippen LogP contribution in [0.25, 0.3) is 5.69 Å². The summed E-state index contributed by atoms with van der Waals surface area (Å²) in [5, 5.41) is 3.36. The Balaban J connectivity index is 2.22. The van der Waals surface area contributed by atoms with Crippen molar-refractivity contribution < 1.29 is 0 Å². The summed E-state index contributed by atoms with van der Waals surface area (Å²) < 4.78 is 2.08. The van der Waals surface area contributed by atoms with E-state index in [0.717, 1.165) is 30.2 Å². The Kier molecular flexibility index (Phi) is 4.10. The molecule has 2 aromatic heterocycles. The molecule has 2 aromatic rings. The minimum Gasteiger partial charge on any atom is -0.309 e. The number of aromatic nitrogens is 3. The molecule has 0 saturated carbocycles. The van der Waals surface area contributed by atoms with E-state index < -0.39 is 0 Å². The van der Waals surface area contributed by atoms with Gasteiger partial charge in [0.1, 0.15) is 5.82 Å².